The van der Waals surface area contributed by atoms with Crippen molar-refractivity contribution < 1.29 is 0 Å². The van der Waals surface area contributed by atoms with Crippen molar-refractivity contribution in [2.75, 3.05) is 12.4 Å². The Labute approximate surface area is 130 Å². The Kier molecular flexibility index (Phi) is 4.97. The molecular weight excluding hydrogens is 276 g/mol. The Morgan fingerprint density at radius 3 is 2.43 bits per heavy atom. The summed E-state index contributed by atoms with van der Waals surface area (Å²) < 4.78 is 1.25. The Morgan fingerprint density at radius 2 is 1.76 bits per heavy atom. The lowest BCUT2D eigenvalue weighted by Gasteiger charge is -2.05. The lowest BCUT2D eigenvalue weighted by molar-refractivity contribution is 1.39. The third kappa shape index (κ3) is 3.24. The van der Waals surface area contributed by atoms with Crippen molar-refractivity contribution >= 4 is 27.2 Å². The summed E-state index contributed by atoms with van der Waals surface area (Å²) in [5.74, 6) is 0. The molecule has 0 fully saturated rings. The Balaban J connectivity index is 0.000000774. The van der Waals surface area contributed by atoms with Crippen molar-refractivity contribution in [2.45, 2.75) is 27.7 Å². The van der Waals surface area contributed by atoms with Crippen molar-refractivity contribution in [3.8, 4) is 10.6 Å². The summed E-state index contributed by atoms with van der Waals surface area (Å²) in [6.07, 6.45) is 0. The monoisotopic (exact) mass is 298 g/mol. The van der Waals surface area contributed by atoms with Crippen LogP contribution < -0.4 is 5.32 Å². The number of hydrogen-bond donors (Lipinski definition) is 1. The van der Waals surface area contributed by atoms with E-state index in [9.17, 15) is 0 Å². The highest BCUT2D eigenvalue weighted by Gasteiger charge is 2.07. The summed E-state index contributed by atoms with van der Waals surface area (Å²) in [6, 6.07) is 12.8. The molecule has 0 aliphatic carbocycles. The van der Waals surface area contributed by atoms with E-state index in [1.54, 1.807) is 11.3 Å². The molecule has 0 unspecified atom stereocenters. The molecule has 0 amide bonds. The van der Waals surface area contributed by atoms with Crippen LogP contribution in [0.2, 0.25) is 0 Å². The third-order valence-corrected chi connectivity index (χ3v) is 4.35. The number of thiazole rings is 1. The van der Waals surface area contributed by atoms with Crippen LogP contribution in [0.5, 0.6) is 0 Å². The predicted molar refractivity (Wildman–Crippen MR) is 95.4 cm³/mol. The van der Waals surface area contributed by atoms with Crippen molar-refractivity contribution in [1.82, 2.24) is 4.98 Å². The standard InChI is InChI=1S/C16H16N2S.C2H6/c1-10-4-6-14-15(8-10)19-16(18-14)12-5-7-13(17-3)11(2)9-12;1-2/h4-9,17H,1-3H3;1-2H3. The van der Waals surface area contributed by atoms with Gasteiger partial charge < -0.3 is 5.32 Å². The van der Waals surface area contributed by atoms with Gasteiger partial charge >= 0.3 is 0 Å². The molecule has 0 aliphatic heterocycles. The van der Waals surface area contributed by atoms with E-state index >= 15 is 0 Å². The molecule has 1 N–H and O–H groups in total. The van der Waals surface area contributed by atoms with Gasteiger partial charge in [0, 0.05) is 18.3 Å². The predicted octanol–water partition coefficient (Wildman–Crippen LogP) is 5.65. The first-order valence-electron chi connectivity index (χ1n) is 7.33. The van der Waals surface area contributed by atoms with Crippen LogP contribution in [-0.2, 0) is 0 Å². The first kappa shape index (κ1) is 15.5. The van der Waals surface area contributed by atoms with Gasteiger partial charge in [-0.2, -0.15) is 0 Å². The molecule has 0 radical (unpaired) electrons. The average Bonchev–Trinajstić information content (AvgIpc) is 2.92. The SMILES string of the molecule is CC.CNc1ccc(-c2nc3ccc(C)cc3s2)cc1C. The minimum absolute atomic E-state index is 1.08. The van der Waals surface area contributed by atoms with Gasteiger partial charge in [-0.3, -0.25) is 0 Å². The van der Waals surface area contributed by atoms with Crippen LogP contribution in [0.4, 0.5) is 5.69 Å². The van der Waals surface area contributed by atoms with Crippen molar-refractivity contribution in [1.29, 1.82) is 0 Å². The molecule has 0 aliphatic rings. The Bertz CT molecular complexity index is 744. The molecule has 1 aromatic heterocycles. The van der Waals surface area contributed by atoms with Gasteiger partial charge in [0.2, 0.25) is 0 Å². The Morgan fingerprint density at radius 1 is 1.00 bits per heavy atom. The number of anilines is 1. The van der Waals surface area contributed by atoms with Gasteiger partial charge in [-0.15, -0.1) is 11.3 Å². The summed E-state index contributed by atoms with van der Waals surface area (Å²) in [5.41, 5.74) is 5.97. The van der Waals surface area contributed by atoms with Crippen molar-refractivity contribution in [2.24, 2.45) is 0 Å². The molecule has 3 aromatic rings. The fourth-order valence-electron chi connectivity index (χ4n) is 2.23. The maximum Gasteiger partial charge on any atom is 0.124 e. The smallest absolute Gasteiger partial charge is 0.124 e. The van der Waals surface area contributed by atoms with Crippen LogP contribution >= 0.6 is 11.3 Å². The van der Waals surface area contributed by atoms with Gasteiger partial charge in [-0.25, -0.2) is 4.98 Å². The molecule has 3 heteroatoms. The molecule has 0 atom stereocenters. The highest BCUT2D eigenvalue weighted by Crippen LogP contribution is 2.32. The number of benzene rings is 2. The topological polar surface area (TPSA) is 24.9 Å². The zero-order valence-electron chi connectivity index (χ0n) is 13.3. The quantitative estimate of drug-likeness (QED) is 0.661. The van der Waals surface area contributed by atoms with E-state index in [0.717, 1.165) is 10.5 Å². The molecule has 21 heavy (non-hydrogen) atoms. The highest BCUT2D eigenvalue weighted by molar-refractivity contribution is 7.21. The van der Waals surface area contributed by atoms with E-state index in [2.05, 4.69) is 55.6 Å². The van der Waals surface area contributed by atoms with Crippen LogP contribution in [-0.4, -0.2) is 12.0 Å². The number of aryl methyl sites for hydroxylation is 2. The van der Waals surface area contributed by atoms with Crippen LogP contribution in [0.1, 0.15) is 25.0 Å². The molecule has 3 rings (SSSR count). The van der Waals surface area contributed by atoms with Gasteiger partial charge in [0.1, 0.15) is 5.01 Å². The number of hydrogen-bond acceptors (Lipinski definition) is 3. The fourth-order valence-corrected chi connectivity index (χ4v) is 3.29. The average molecular weight is 298 g/mol. The molecule has 2 nitrogen and oxygen atoms in total. The summed E-state index contributed by atoms with van der Waals surface area (Å²) in [5, 5.41) is 4.28. The number of aromatic nitrogens is 1. The lowest BCUT2D eigenvalue weighted by Crippen LogP contribution is -1.91. The van der Waals surface area contributed by atoms with Crippen molar-refractivity contribution in [3.05, 3.63) is 47.5 Å². The second kappa shape index (κ2) is 6.72. The fraction of sp³-hybridized carbons (Fsp3) is 0.278. The van der Waals surface area contributed by atoms with Gasteiger partial charge in [0.25, 0.3) is 0 Å². The number of fused-ring (bicyclic) bond motifs is 1. The number of nitrogens with one attached hydrogen (secondary N) is 1. The van der Waals surface area contributed by atoms with E-state index in [0.29, 0.717) is 0 Å². The Hall–Kier alpha value is -1.87. The molecule has 110 valence electrons. The summed E-state index contributed by atoms with van der Waals surface area (Å²) in [7, 11) is 1.95. The van der Waals surface area contributed by atoms with Gasteiger partial charge in [0.15, 0.2) is 0 Å². The van der Waals surface area contributed by atoms with E-state index in [1.165, 1.54) is 27.1 Å². The molecule has 0 saturated heterocycles. The van der Waals surface area contributed by atoms with Gasteiger partial charge in [-0.05, 0) is 55.3 Å². The minimum atomic E-state index is 1.08. The zero-order chi connectivity index (χ0) is 15.4. The first-order chi connectivity index (χ1) is 10.2. The van der Waals surface area contributed by atoms with Crippen LogP contribution in [0.15, 0.2) is 36.4 Å². The molecule has 0 spiro atoms. The third-order valence-electron chi connectivity index (χ3n) is 3.29. The molecule has 0 bridgehead atoms. The molecule has 2 aromatic carbocycles. The molecular formula is C18H22N2S. The zero-order valence-corrected chi connectivity index (χ0v) is 14.1. The lowest BCUT2D eigenvalue weighted by atomic mass is 10.1. The second-order valence-electron chi connectivity index (χ2n) is 4.77. The normalized spacial score (nSPS) is 10.1. The maximum atomic E-state index is 4.72. The summed E-state index contributed by atoms with van der Waals surface area (Å²) >= 11 is 1.76. The maximum absolute atomic E-state index is 4.72. The van der Waals surface area contributed by atoms with Gasteiger partial charge in [0.05, 0.1) is 10.2 Å². The van der Waals surface area contributed by atoms with E-state index in [4.69, 9.17) is 4.98 Å². The molecule has 1 heterocycles. The largest absolute Gasteiger partial charge is 0.388 e. The first-order valence-corrected chi connectivity index (χ1v) is 8.15. The molecule has 0 saturated carbocycles. The van der Waals surface area contributed by atoms with Crippen molar-refractivity contribution in [3.63, 3.8) is 0 Å². The van der Waals surface area contributed by atoms with Gasteiger partial charge in [-0.1, -0.05) is 19.9 Å². The van der Waals surface area contributed by atoms with E-state index < -0.39 is 0 Å². The van der Waals surface area contributed by atoms with Crippen LogP contribution in [0, 0.1) is 13.8 Å². The van der Waals surface area contributed by atoms with E-state index in [-0.39, 0.29) is 0 Å². The van der Waals surface area contributed by atoms with Crippen LogP contribution in [0.3, 0.4) is 0 Å². The highest BCUT2D eigenvalue weighted by atomic mass is 32.1. The minimum Gasteiger partial charge on any atom is -0.388 e. The number of nitrogens with zero attached hydrogens (tertiary/aromatic N) is 1. The number of rotatable bonds is 2. The van der Waals surface area contributed by atoms with E-state index in [1.807, 2.05) is 20.9 Å². The van der Waals surface area contributed by atoms with Crippen LogP contribution in [0.25, 0.3) is 20.8 Å². The summed E-state index contributed by atoms with van der Waals surface area (Å²) in [4.78, 5) is 4.72. The summed E-state index contributed by atoms with van der Waals surface area (Å²) in [6.45, 7) is 8.23. The second-order valence-corrected chi connectivity index (χ2v) is 5.80.